The molecule has 1 aromatic rings. The quantitative estimate of drug-likeness (QED) is 0.762. The van der Waals surface area contributed by atoms with Crippen LogP contribution in [0, 0.1) is 0 Å². The van der Waals surface area contributed by atoms with Gasteiger partial charge in [-0.25, -0.2) is 0 Å². The second kappa shape index (κ2) is 4.06. The zero-order valence-electron chi connectivity index (χ0n) is 8.27. The van der Waals surface area contributed by atoms with E-state index in [1.807, 2.05) is 6.92 Å². The molecule has 0 aliphatic carbocycles. The summed E-state index contributed by atoms with van der Waals surface area (Å²) in [6.07, 6.45) is 1.82. The Kier molecular flexibility index (Phi) is 2.79. The number of ether oxygens (including phenoxy) is 1. The van der Waals surface area contributed by atoms with E-state index in [0.717, 1.165) is 13.0 Å². The summed E-state index contributed by atoms with van der Waals surface area (Å²) < 4.78 is 10.6. The highest BCUT2D eigenvalue weighted by Gasteiger charge is 2.30. The molecule has 1 aliphatic heterocycles. The number of nitrogens with zero attached hydrogens (tertiary/aromatic N) is 2. The summed E-state index contributed by atoms with van der Waals surface area (Å²) in [5.41, 5.74) is 5.40. The van der Waals surface area contributed by atoms with Crippen molar-refractivity contribution in [1.29, 1.82) is 0 Å². The lowest BCUT2D eigenvalue weighted by Crippen LogP contribution is -2.10. The van der Waals surface area contributed by atoms with Crippen LogP contribution in [0.4, 0.5) is 0 Å². The highest BCUT2D eigenvalue weighted by atomic mass is 16.5. The summed E-state index contributed by atoms with van der Waals surface area (Å²) in [6, 6.07) is 0. The predicted octanol–water partition coefficient (Wildman–Crippen LogP) is 0.463. The first-order valence-electron chi connectivity index (χ1n) is 4.95. The van der Waals surface area contributed by atoms with E-state index in [4.69, 9.17) is 15.0 Å². The molecule has 1 saturated heterocycles. The smallest absolute Gasteiger partial charge is 0.232 e. The summed E-state index contributed by atoms with van der Waals surface area (Å²) in [5.74, 6) is 1.65. The van der Waals surface area contributed by atoms with Crippen molar-refractivity contribution in [3.05, 3.63) is 11.7 Å². The van der Waals surface area contributed by atoms with E-state index in [1.165, 1.54) is 0 Å². The molecule has 2 heterocycles. The minimum Gasteiger partial charge on any atom is -0.378 e. The molecule has 0 bridgehead atoms. The van der Waals surface area contributed by atoms with Gasteiger partial charge in [-0.15, -0.1) is 0 Å². The van der Waals surface area contributed by atoms with Gasteiger partial charge in [-0.1, -0.05) is 5.16 Å². The van der Waals surface area contributed by atoms with Gasteiger partial charge >= 0.3 is 0 Å². The number of rotatable bonds is 3. The maximum atomic E-state index is 5.44. The molecular weight excluding hydrogens is 182 g/mol. The molecule has 0 saturated carbocycles. The molecule has 1 aliphatic rings. The van der Waals surface area contributed by atoms with E-state index in [1.54, 1.807) is 0 Å². The minimum absolute atomic E-state index is 0.182. The highest BCUT2D eigenvalue weighted by Crippen LogP contribution is 2.29. The van der Waals surface area contributed by atoms with Crippen LogP contribution < -0.4 is 5.73 Å². The first-order chi connectivity index (χ1) is 6.81. The Balaban J connectivity index is 2.08. The summed E-state index contributed by atoms with van der Waals surface area (Å²) >= 11 is 0. The van der Waals surface area contributed by atoms with Gasteiger partial charge in [-0.2, -0.15) is 4.98 Å². The van der Waals surface area contributed by atoms with Crippen LogP contribution >= 0.6 is 0 Å². The number of nitrogens with two attached hydrogens (primary N) is 1. The van der Waals surface area contributed by atoms with Crippen LogP contribution in [0.15, 0.2) is 4.52 Å². The van der Waals surface area contributed by atoms with Gasteiger partial charge in [0.2, 0.25) is 5.89 Å². The van der Waals surface area contributed by atoms with Crippen molar-refractivity contribution in [2.75, 3.05) is 13.2 Å². The normalized spacial score (nSPS) is 27.0. The predicted molar refractivity (Wildman–Crippen MR) is 49.8 cm³/mol. The molecule has 0 amide bonds. The maximum absolute atomic E-state index is 5.44. The molecule has 0 aromatic carbocycles. The monoisotopic (exact) mass is 197 g/mol. The first-order valence-corrected chi connectivity index (χ1v) is 4.95. The number of aromatic nitrogens is 2. The van der Waals surface area contributed by atoms with Crippen LogP contribution in [-0.2, 0) is 11.2 Å². The van der Waals surface area contributed by atoms with Crippen LogP contribution in [0.1, 0.15) is 31.0 Å². The van der Waals surface area contributed by atoms with Gasteiger partial charge in [-0.3, -0.25) is 0 Å². The molecule has 14 heavy (non-hydrogen) atoms. The van der Waals surface area contributed by atoms with Crippen molar-refractivity contribution >= 4 is 0 Å². The Morgan fingerprint density at radius 1 is 1.57 bits per heavy atom. The fourth-order valence-corrected chi connectivity index (χ4v) is 1.70. The number of hydrogen-bond donors (Lipinski definition) is 1. The summed E-state index contributed by atoms with van der Waals surface area (Å²) in [7, 11) is 0. The van der Waals surface area contributed by atoms with Crippen molar-refractivity contribution in [2.45, 2.75) is 31.8 Å². The van der Waals surface area contributed by atoms with Crippen molar-refractivity contribution in [3.8, 4) is 0 Å². The zero-order valence-corrected chi connectivity index (χ0v) is 8.27. The summed E-state index contributed by atoms with van der Waals surface area (Å²) in [4.78, 5) is 4.29. The third-order valence-electron chi connectivity index (χ3n) is 2.55. The van der Waals surface area contributed by atoms with E-state index in [-0.39, 0.29) is 12.0 Å². The van der Waals surface area contributed by atoms with Crippen molar-refractivity contribution in [2.24, 2.45) is 5.73 Å². The SMILES string of the molecule is CC1OCCC1c1nc(CCN)no1. The molecule has 2 unspecified atom stereocenters. The summed E-state index contributed by atoms with van der Waals surface area (Å²) in [6.45, 7) is 3.36. The third kappa shape index (κ3) is 1.78. The fourth-order valence-electron chi connectivity index (χ4n) is 1.70. The first kappa shape index (κ1) is 9.61. The van der Waals surface area contributed by atoms with Gasteiger partial charge in [0.15, 0.2) is 5.82 Å². The van der Waals surface area contributed by atoms with Crippen molar-refractivity contribution in [1.82, 2.24) is 10.1 Å². The topological polar surface area (TPSA) is 74.2 Å². The maximum Gasteiger partial charge on any atom is 0.232 e. The summed E-state index contributed by atoms with van der Waals surface area (Å²) in [5, 5.41) is 3.86. The third-order valence-corrected chi connectivity index (χ3v) is 2.55. The van der Waals surface area contributed by atoms with Crippen LogP contribution in [0.25, 0.3) is 0 Å². The largest absolute Gasteiger partial charge is 0.378 e. The molecule has 0 radical (unpaired) electrons. The molecular formula is C9H15N3O2. The van der Waals surface area contributed by atoms with E-state index < -0.39 is 0 Å². The average molecular weight is 197 g/mol. The van der Waals surface area contributed by atoms with Gasteiger partial charge in [-0.05, 0) is 19.9 Å². The minimum atomic E-state index is 0.182. The molecule has 5 nitrogen and oxygen atoms in total. The average Bonchev–Trinajstić information content (AvgIpc) is 2.74. The van der Waals surface area contributed by atoms with E-state index in [0.29, 0.717) is 24.7 Å². The van der Waals surface area contributed by atoms with Gasteiger partial charge < -0.3 is 15.0 Å². The molecule has 5 heteroatoms. The van der Waals surface area contributed by atoms with Gasteiger partial charge in [0.1, 0.15) is 0 Å². The van der Waals surface area contributed by atoms with E-state index in [2.05, 4.69) is 10.1 Å². The van der Waals surface area contributed by atoms with Crippen molar-refractivity contribution < 1.29 is 9.26 Å². The van der Waals surface area contributed by atoms with E-state index >= 15 is 0 Å². The Bertz CT molecular complexity index is 300. The lowest BCUT2D eigenvalue weighted by Gasteiger charge is -2.07. The molecule has 1 fully saturated rings. The fraction of sp³-hybridized carbons (Fsp3) is 0.778. The van der Waals surface area contributed by atoms with Crippen LogP contribution in [0.5, 0.6) is 0 Å². The van der Waals surface area contributed by atoms with Crippen LogP contribution in [-0.4, -0.2) is 29.4 Å². The Morgan fingerprint density at radius 2 is 2.43 bits per heavy atom. The molecule has 78 valence electrons. The van der Waals surface area contributed by atoms with Gasteiger partial charge in [0.05, 0.1) is 12.0 Å². The van der Waals surface area contributed by atoms with Gasteiger partial charge in [0, 0.05) is 13.0 Å². The van der Waals surface area contributed by atoms with Crippen LogP contribution in [0.3, 0.4) is 0 Å². The molecule has 2 N–H and O–H groups in total. The highest BCUT2D eigenvalue weighted by molar-refractivity contribution is 4.99. The van der Waals surface area contributed by atoms with Crippen LogP contribution in [0.2, 0.25) is 0 Å². The standard InChI is InChI=1S/C9H15N3O2/c1-6-7(3-5-13-6)9-11-8(2-4-10)12-14-9/h6-7H,2-5,10H2,1H3. The zero-order chi connectivity index (χ0) is 9.97. The second-order valence-electron chi connectivity index (χ2n) is 3.56. The molecule has 0 spiro atoms. The molecule has 2 rings (SSSR count). The van der Waals surface area contributed by atoms with E-state index in [9.17, 15) is 0 Å². The molecule has 2 atom stereocenters. The number of hydrogen-bond acceptors (Lipinski definition) is 5. The molecule has 1 aromatic heterocycles. The lowest BCUT2D eigenvalue weighted by atomic mass is 10.0. The van der Waals surface area contributed by atoms with Gasteiger partial charge in [0.25, 0.3) is 0 Å². The Labute approximate surface area is 82.6 Å². The van der Waals surface area contributed by atoms with Crippen molar-refractivity contribution in [3.63, 3.8) is 0 Å². The lowest BCUT2D eigenvalue weighted by molar-refractivity contribution is 0.113. The Morgan fingerprint density at radius 3 is 3.07 bits per heavy atom. The Hall–Kier alpha value is -0.940. The second-order valence-corrected chi connectivity index (χ2v) is 3.56.